The Labute approximate surface area is 86.5 Å². The maximum atomic E-state index is 4.30. The van der Waals surface area contributed by atoms with Gasteiger partial charge in [0.1, 0.15) is 0 Å². The summed E-state index contributed by atoms with van der Waals surface area (Å²) in [6.45, 7) is 8.46. The van der Waals surface area contributed by atoms with Gasteiger partial charge in [0.2, 0.25) is 0 Å². The van der Waals surface area contributed by atoms with Crippen LogP contribution in [-0.4, -0.2) is 16.3 Å². The highest BCUT2D eigenvalue weighted by Crippen LogP contribution is 2.17. The molecule has 1 heterocycles. The molecule has 0 saturated carbocycles. The van der Waals surface area contributed by atoms with Crippen LogP contribution < -0.4 is 5.32 Å². The first-order valence-electron chi connectivity index (χ1n) is 5.58. The van der Waals surface area contributed by atoms with E-state index in [1.807, 2.05) is 6.20 Å². The number of nitrogens with zero attached hydrogens (tertiary/aromatic N) is 2. The van der Waals surface area contributed by atoms with Crippen LogP contribution in [-0.2, 0) is 6.54 Å². The molecule has 1 rings (SSSR count). The van der Waals surface area contributed by atoms with Crippen LogP contribution in [0.25, 0.3) is 0 Å². The van der Waals surface area contributed by atoms with Crippen molar-refractivity contribution in [1.82, 2.24) is 15.1 Å². The molecule has 0 aliphatic rings. The zero-order chi connectivity index (χ0) is 10.4. The van der Waals surface area contributed by atoms with E-state index in [0.717, 1.165) is 13.1 Å². The maximum Gasteiger partial charge on any atom is 0.0553 e. The molecule has 80 valence electrons. The van der Waals surface area contributed by atoms with Crippen LogP contribution in [0.3, 0.4) is 0 Å². The molecule has 1 atom stereocenters. The first kappa shape index (κ1) is 11.2. The Morgan fingerprint density at radius 2 is 2.21 bits per heavy atom. The largest absolute Gasteiger partial charge is 0.309 e. The van der Waals surface area contributed by atoms with Gasteiger partial charge in [0.05, 0.1) is 5.69 Å². The van der Waals surface area contributed by atoms with Gasteiger partial charge in [-0.15, -0.1) is 0 Å². The molecule has 1 aromatic heterocycles. The molecule has 0 aromatic carbocycles. The van der Waals surface area contributed by atoms with E-state index in [-0.39, 0.29) is 0 Å². The fourth-order valence-electron chi connectivity index (χ4n) is 1.79. The van der Waals surface area contributed by atoms with E-state index in [0.29, 0.717) is 6.04 Å². The minimum absolute atomic E-state index is 0.465. The topological polar surface area (TPSA) is 29.9 Å². The van der Waals surface area contributed by atoms with Crippen molar-refractivity contribution in [2.24, 2.45) is 0 Å². The van der Waals surface area contributed by atoms with Gasteiger partial charge < -0.3 is 5.32 Å². The lowest BCUT2D eigenvalue weighted by Crippen LogP contribution is -2.23. The third-order valence-corrected chi connectivity index (χ3v) is 2.43. The van der Waals surface area contributed by atoms with Crippen LogP contribution in [0.1, 0.15) is 45.3 Å². The Morgan fingerprint density at radius 3 is 2.79 bits per heavy atom. The molecular weight excluding hydrogens is 174 g/mol. The quantitative estimate of drug-likeness (QED) is 0.755. The number of aromatic nitrogens is 2. The first-order chi connectivity index (χ1) is 6.83. The third-order valence-electron chi connectivity index (χ3n) is 2.43. The van der Waals surface area contributed by atoms with Crippen molar-refractivity contribution in [3.63, 3.8) is 0 Å². The molecule has 0 saturated heterocycles. The molecule has 0 radical (unpaired) electrons. The summed E-state index contributed by atoms with van der Waals surface area (Å²) in [5.41, 5.74) is 1.32. The van der Waals surface area contributed by atoms with Gasteiger partial charge in [0.25, 0.3) is 0 Å². The predicted molar refractivity (Wildman–Crippen MR) is 59.2 cm³/mol. The summed E-state index contributed by atoms with van der Waals surface area (Å²) in [5.74, 6) is 0. The molecule has 14 heavy (non-hydrogen) atoms. The van der Waals surface area contributed by atoms with Crippen molar-refractivity contribution >= 4 is 0 Å². The molecule has 0 bridgehead atoms. The van der Waals surface area contributed by atoms with Gasteiger partial charge in [-0.05, 0) is 26.0 Å². The van der Waals surface area contributed by atoms with Gasteiger partial charge in [-0.3, -0.25) is 4.68 Å². The van der Waals surface area contributed by atoms with Crippen molar-refractivity contribution in [2.45, 2.75) is 46.2 Å². The average Bonchev–Trinajstić information content (AvgIpc) is 2.65. The van der Waals surface area contributed by atoms with E-state index in [1.54, 1.807) is 0 Å². The van der Waals surface area contributed by atoms with Gasteiger partial charge in [-0.25, -0.2) is 0 Å². The van der Waals surface area contributed by atoms with Crippen LogP contribution >= 0.6 is 0 Å². The Kier molecular flexibility index (Phi) is 4.66. The lowest BCUT2D eigenvalue weighted by atomic mass is 10.1. The Hall–Kier alpha value is -0.830. The molecule has 0 aliphatic carbocycles. The van der Waals surface area contributed by atoms with E-state index in [9.17, 15) is 0 Å². The van der Waals surface area contributed by atoms with Crippen LogP contribution in [0.5, 0.6) is 0 Å². The van der Waals surface area contributed by atoms with Gasteiger partial charge in [-0.2, -0.15) is 5.10 Å². The highest BCUT2D eigenvalue weighted by molar-refractivity contribution is 5.06. The van der Waals surface area contributed by atoms with Crippen LogP contribution in [0, 0.1) is 0 Å². The van der Waals surface area contributed by atoms with Crippen LogP contribution in [0.2, 0.25) is 0 Å². The second-order valence-corrected chi connectivity index (χ2v) is 3.47. The summed E-state index contributed by atoms with van der Waals surface area (Å²) >= 11 is 0. The Balaban J connectivity index is 2.75. The highest BCUT2D eigenvalue weighted by Gasteiger charge is 2.12. The van der Waals surface area contributed by atoms with E-state index < -0.39 is 0 Å². The number of aryl methyl sites for hydroxylation is 1. The SMILES string of the molecule is CCCC(NCC)c1ccnn1CC. The average molecular weight is 195 g/mol. The maximum absolute atomic E-state index is 4.30. The first-order valence-corrected chi connectivity index (χ1v) is 5.58. The van der Waals surface area contributed by atoms with Crippen LogP contribution in [0.15, 0.2) is 12.3 Å². The summed E-state index contributed by atoms with van der Waals surface area (Å²) in [7, 11) is 0. The summed E-state index contributed by atoms with van der Waals surface area (Å²) in [6, 6.07) is 2.58. The standard InChI is InChI=1S/C11H21N3/c1-4-7-10(12-5-2)11-8-9-13-14(11)6-3/h8-10,12H,4-7H2,1-3H3. The van der Waals surface area contributed by atoms with Gasteiger partial charge in [0, 0.05) is 18.8 Å². The van der Waals surface area contributed by atoms with E-state index in [2.05, 4.69) is 41.9 Å². The van der Waals surface area contributed by atoms with Crippen molar-refractivity contribution in [3.05, 3.63) is 18.0 Å². The normalized spacial score (nSPS) is 13.1. The molecule has 0 amide bonds. The zero-order valence-electron chi connectivity index (χ0n) is 9.45. The second-order valence-electron chi connectivity index (χ2n) is 3.47. The Morgan fingerprint density at radius 1 is 1.43 bits per heavy atom. The fraction of sp³-hybridized carbons (Fsp3) is 0.727. The fourth-order valence-corrected chi connectivity index (χ4v) is 1.79. The smallest absolute Gasteiger partial charge is 0.0553 e. The number of rotatable bonds is 6. The summed E-state index contributed by atoms with van der Waals surface area (Å²) in [6.07, 6.45) is 4.27. The lowest BCUT2D eigenvalue weighted by Gasteiger charge is -2.18. The molecule has 1 unspecified atom stereocenters. The molecule has 3 nitrogen and oxygen atoms in total. The van der Waals surface area contributed by atoms with Crippen LogP contribution in [0.4, 0.5) is 0 Å². The molecule has 0 aliphatic heterocycles. The van der Waals surface area contributed by atoms with Crippen molar-refractivity contribution < 1.29 is 0 Å². The van der Waals surface area contributed by atoms with Crippen molar-refractivity contribution in [1.29, 1.82) is 0 Å². The summed E-state index contributed by atoms with van der Waals surface area (Å²) < 4.78 is 2.07. The van der Waals surface area contributed by atoms with Gasteiger partial charge >= 0.3 is 0 Å². The molecular formula is C11H21N3. The summed E-state index contributed by atoms with van der Waals surface area (Å²) in [4.78, 5) is 0. The molecule has 0 spiro atoms. The van der Waals surface area contributed by atoms with Crippen molar-refractivity contribution in [2.75, 3.05) is 6.54 Å². The van der Waals surface area contributed by atoms with E-state index >= 15 is 0 Å². The molecule has 1 N–H and O–H groups in total. The zero-order valence-corrected chi connectivity index (χ0v) is 9.45. The molecule has 3 heteroatoms. The summed E-state index contributed by atoms with van der Waals surface area (Å²) in [5, 5.41) is 7.80. The predicted octanol–water partition coefficient (Wildman–Crippen LogP) is 2.35. The number of nitrogens with one attached hydrogen (secondary N) is 1. The lowest BCUT2D eigenvalue weighted by molar-refractivity contribution is 0.463. The third kappa shape index (κ3) is 2.58. The molecule has 1 aromatic rings. The molecule has 0 fully saturated rings. The van der Waals surface area contributed by atoms with E-state index in [1.165, 1.54) is 18.5 Å². The second kappa shape index (κ2) is 5.81. The Bertz CT molecular complexity index is 249. The minimum atomic E-state index is 0.465. The minimum Gasteiger partial charge on any atom is -0.309 e. The number of hydrogen-bond acceptors (Lipinski definition) is 2. The van der Waals surface area contributed by atoms with E-state index in [4.69, 9.17) is 0 Å². The number of hydrogen-bond donors (Lipinski definition) is 1. The highest BCUT2D eigenvalue weighted by atomic mass is 15.3. The van der Waals surface area contributed by atoms with Gasteiger partial charge in [-0.1, -0.05) is 20.3 Å². The monoisotopic (exact) mass is 195 g/mol. The van der Waals surface area contributed by atoms with Crippen molar-refractivity contribution in [3.8, 4) is 0 Å². The van der Waals surface area contributed by atoms with Gasteiger partial charge in [0.15, 0.2) is 0 Å².